The Morgan fingerprint density at radius 3 is 2.88 bits per heavy atom. The van der Waals surface area contributed by atoms with Gasteiger partial charge in [-0.1, -0.05) is 24.3 Å². The molecule has 1 aliphatic rings. The van der Waals surface area contributed by atoms with Crippen molar-refractivity contribution in [3.8, 4) is 0 Å². The third-order valence-electron chi connectivity index (χ3n) is 4.24. The van der Waals surface area contributed by atoms with Crippen LogP contribution in [0.25, 0.3) is 0 Å². The predicted molar refractivity (Wildman–Crippen MR) is 89.4 cm³/mol. The van der Waals surface area contributed by atoms with E-state index in [1.54, 1.807) is 25.3 Å². The zero-order valence-corrected chi connectivity index (χ0v) is 13.6. The van der Waals surface area contributed by atoms with Gasteiger partial charge in [-0.2, -0.15) is 0 Å². The second kappa shape index (κ2) is 7.25. The summed E-state index contributed by atoms with van der Waals surface area (Å²) in [5.74, 6) is -0.830. The Morgan fingerprint density at radius 2 is 2.08 bits per heavy atom. The number of esters is 1. The van der Waals surface area contributed by atoms with Gasteiger partial charge in [0.15, 0.2) is 6.10 Å². The standard InChI is InChI=1S/C19H20N2O3/c1-13(24-19(23)15-8-5-11-20-12-15)18(22)21-17-10-4-7-14-6-2-3-9-16(14)17/h2-3,5-6,8-9,11-13,17H,4,7,10H2,1H3,(H,21,22)/t13-,17-/m1/s1. The Bertz CT molecular complexity index is 730. The lowest BCUT2D eigenvalue weighted by Gasteiger charge is -2.27. The van der Waals surface area contributed by atoms with E-state index >= 15 is 0 Å². The number of aromatic nitrogens is 1. The summed E-state index contributed by atoms with van der Waals surface area (Å²) in [6.45, 7) is 1.58. The fraction of sp³-hybridized carbons (Fsp3) is 0.316. The van der Waals surface area contributed by atoms with E-state index in [0.717, 1.165) is 24.8 Å². The van der Waals surface area contributed by atoms with Crippen LogP contribution in [0.5, 0.6) is 0 Å². The molecule has 1 heterocycles. The van der Waals surface area contributed by atoms with Crippen LogP contribution in [0.1, 0.15) is 47.3 Å². The van der Waals surface area contributed by atoms with E-state index in [1.807, 2.05) is 18.2 Å². The molecule has 1 aliphatic carbocycles. The number of hydrogen-bond acceptors (Lipinski definition) is 4. The zero-order valence-electron chi connectivity index (χ0n) is 13.6. The number of pyridine rings is 1. The van der Waals surface area contributed by atoms with Gasteiger partial charge in [-0.15, -0.1) is 0 Å². The molecular formula is C19H20N2O3. The Labute approximate surface area is 141 Å². The smallest absolute Gasteiger partial charge is 0.340 e. The van der Waals surface area contributed by atoms with E-state index in [2.05, 4.69) is 16.4 Å². The van der Waals surface area contributed by atoms with Crippen LogP contribution in [0.3, 0.4) is 0 Å². The number of nitrogens with one attached hydrogen (secondary N) is 1. The molecule has 0 fully saturated rings. The van der Waals surface area contributed by atoms with Gasteiger partial charge in [-0.3, -0.25) is 9.78 Å². The Morgan fingerprint density at radius 1 is 1.25 bits per heavy atom. The van der Waals surface area contributed by atoms with E-state index in [4.69, 9.17) is 4.74 Å². The highest BCUT2D eigenvalue weighted by Crippen LogP contribution is 2.29. The van der Waals surface area contributed by atoms with Crippen LogP contribution >= 0.6 is 0 Å². The molecule has 0 unspecified atom stereocenters. The summed E-state index contributed by atoms with van der Waals surface area (Å²) in [6.07, 6.45) is 5.11. The highest BCUT2D eigenvalue weighted by molar-refractivity contribution is 5.91. The SMILES string of the molecule is C[C@@H](OC(=O)c1cccnc1)C(=O)N[C@@H]1CCCc2ccccc21. The molecule has 0 bridgehead atoms. The molecule has 2 aromatic rings. The number of benzene rings is 1. The molecule has 1 N–H and O–H groups in total. The summed E-state index contributed by atoms with van der Waals surface area (Å²) in [5.41, 5.74) is 2.76. The second-order valence-corrected chi connectivity index (χ2v) is 5.94. The molecule has 1 aromatic carbocycles. The fourth-order valence-corrected chi connectivity index (χ4v) is 2.96. The number of amides is 1. The molecule has 24 heavy (non-hydrogen) atoms. The van der Waals surface area contributed by atoms with Gasteiger partial charge in [0.25, 0.3) is 5.91 Å². The van der Waals surface area contributed by atoms with Crippen molar-refractivity contribution >= 4 is 11.9 Å². The largest absolute Gasteiger partial charge is 0.449 e. The van der Waals surface area contributed by atoms with Gasteiger partial charge in [-0.05, 0) is 49.4 Å². The third kappa shape index (κ3) is 3.62. The second-order valence-electron chi connectivity index (χ2n) is 5.94. The lowest BCUT2D eigenvalue weighted by Crippen LogP contribution is -2.39. The summed E-state index contributed by atoms with van der Waals surface area (Å²) in [4.78, 5) is 28.3. The highest BCUT2D eigenvalue weighted by atomic mass is 16.5. The Hall–Kier alpha value is -2.69. The first-order chi connectivity index (χ1) is 11.6. The molecule has 2 atom stereocenters. The minimum absolute atomic E-state index is 0.0259. The molecule has 0 aliphatic heterocycles. The number of rotatable bonds is 4. The zero-order chi connectivity index (χ0) is 16.9. The summed E-state index contributed by atoms with van der Waals surface area (Å²) < 4.78 is 5.24. The fourth-order valence-electron chi connectivity index (χ4n) is 2.96. The molecular weight excluding hydrogens is 304 g/mol. The van der Waals surface area contributed by atoms with Crippen molar-refractivity contribution in [1.29, 1.82) is 0 Å². The van der Waals surface area contributed by atoms with E-state index in [-0.39, 0.29) is 11.9 Å². The van der Waals surface area contributed by atoms with Crippen LogP contribution in [0.15, 0.2) is 48.8 Å². The number of carbonyl (C=O) groups excluding carboxylic acids is 2. The minimum atomic E-state index is -0.855. The van der Waals surface area contributed by atoms with Crippen molar-refractivity contribution in [2.45, 2.75) is 38.3 Å². The molecule has 1 aromatic heterocycles. The maximum atomic E-state index is 12.4. The monoisotopic (exact) mass is 324 g/mol. The molecule has 0 spiro atoms. The van der Waals surface area contributed by atoms with E-state index in [1.165, 1.54) is 11.8 Å². The number of hydrogen-bond donors (Lipinski definition) is 1. The molecule has 0 saturated heterocycles. The van der Waals surface area contributed by atoms with Gasteiger partial charge < -0.3 is 10.1 Å². The molecule has 0 radical (unpaired) electrons. The number of nitrogens with zero attached hydrogens (tertiary/aromatic N) is 1. The molecule has 1 amide bonds. The van der Waals surface area contributed by atoms with Crippen LogP contribution in [-0.2, 0) is 16.0 Å². The number of fused-ring (bicyclic) bond motifs is 1. The number of ether oxygens (including phenoxy) is 1. The summed E-state index contributed by atoms with van der Waals surface area (Å²) in [6, 6.07) is 11.4. The van der Waals surface area contributed by atoms with Crippen LogP contribution in [0.4, 0.5) is 0 Å². The van der Waals surface area contributed by atoms with Crippen LogP contribution in [-0.4, -0.2) is 23.0 Å². The van der Waals surface area contributed by atoms with Crippen molar-refractivity contribution in [2.75, 3.05) is 0 Å². The molecule has 3 rings (SSSR count). The number of carbonyl (C=O) groups is 2. The van der Waals surface area contributed by atoms with E-state index in [0.29, 0.717) is 5.56 Å². The minimum Gasteiger partial charge on any atom is -0.449 e. The maximum Gasteiger partial charge on any atom is 0.340 e. The predicted octanol–water partition coefficient (Wildman–Crippen LogP) is 2.82. The maximum absolute atomic E-state index is 12.4. The lowest BCUT2D eigenvalue weighted by molar-refractivity contribution is -0.130. The first-order valence-electron chi connectivity index (χ1n) is 8.14. The van der Waals surface area contributed by atoms with Gasteiger partial charge in [0, 0.05) is 12.4 Å². The van der Waals surface area contributed by atoms with E-state index < -0.39 is 12.1 Å². The van der Waals surface area contributed by atoms with Crippen molar-refractivity contribution in [2.24, 2.45) is 0 Å². The van der Waals surface area contributed by atoms with Gasteiger partial charge in [0.1, 0.15) is 0 Å². The number of aryl methyl sites for hydroxylation is 1. The van der Waals surface area contributed by atoms with Gasteiger partial charge >= 0.3 is 5.97 Å². The average molecular weight is 324 g/mol. The molecule has 5 heteroatoms. The Kier molecular flexibility index (Phi) is 4.89. The molecule has 5 nitrogen and oxygen atoms in total. The van der Waals surface area contributed by atoms with Crippen molar-refractivity contribution < 1.29 is 14.3 Å². The lowest BCUT2D eigenvalue weighted by atomic mass is 9.87. The van der Waals surface area contributed by atoms with Crippen molar-refractivity contribution in [3.63, 3.8) is 0 Å². The van der Waals surface area contributed by atoms with E-state index in [9.17, 15) is 9.59 Å². The average Bonchev–Trinajstić information content (AvgIpc) is 2.62. The van der Waals surface area contributed by atoms with Gasteiger partial charge in [0.05, 0.1) is 11.6 Å². The van der Waals surface area contributed by atoms with Gasteiger partial charge in [0.2, 0.25) is 0 Å². The quantitative estimate of drug-likeness (QED) is 0.878. The summed E-state index contributed by atoms with van der Waals surface area (Å²) >= 11 is 0. The normalized spacial score (nSPS) is 17.5. The third-order valence-corrected chi connectivity index (χ3v) is 4.24. The van der Waals surface area contributed by atoms with Crippen LogP contribution in [0, 0.1) is 0 Å². The van der Waals surface area contributed by atoms with Crippen molar-refractivity contribution in [1.82, 2.24) is 10.3 Å². The highest BCUT2D eigenvalue weighted by Gasteiger charge is 2.25. The Balaban J connectivity index is 1.62. The first kappa shape index (κ1) is 16.2. The molecule has 0 saturated carbocycles. The topological polar surface area (TPSA) is 68.3 Å². The summed E-state index contributed by atoms with van der Waals surface area (Å²) in [7, 11) is 0. The van der Waals surface area contributed by atoms with Crippen LogP contribution in [0.2, 0.25) is 0 Å². The van der Waals surface area contributed by atoms with Crippen LogP contribution < -0.4 is 5.32 Å². The molecule has 124 valence electrons. The van der Waals surface area contributed by atoms with Gasteiger partial charge in [-0.25, -0.2) is 4.79 Å². The summed E-state index contributed by atoms with van der Waals surface area (Å²) in [5, 5.41) is 3.00. The van der Waals surface area contributed by atoms with Crippen molar-refractivity contribution in [3.05, 3.63) is 65.5 Å². The first-order valence-corrected chi connectivity index (χ1v) is 8.14.